The fourth-order valence-corrected chi connectivity index (χ4v) is 5.44. The molecule has 31 heavy (non-hydrogen) atoms. The fraction of sp³-hybridized carbons (Fsp3) is 0.391. The molecular formula is C23H24ClN3O3S. The highest BCUT2D eigenvalue weighted by molar-refractivity contribution is 7.18. The predicted molar refractivity (Wildman–Crippen MR) is 124 cm³/mol. The molecule has 1 amide bonds. The highest BCUT2D eigenvalue weighted by atomic mass is 35.5. The second-order valence-corrected chi connectivity index (χ2v) is 9.50. The molecule has 0 saturated carbocycles. The van der Waals surface area contributed by atoms with Crippen molar-refractivity contribution in [1.29, 1.82) is 0 Å². The van der Waals surface area contributed by atoms with Gasteiger partial charge in [-0.2, -0.15) is 0 Å². The molecule has 162 valence electrons. The van der Waals surface area contributed by atoms with E-state index in [1.807, 2.05) is 43.3 Å². The van der Waals surface area contributed by atoms with Gasteiger partial charge >= 0.3 is 0 Å². The lowest BCUT2D eigenvalue weighted by Crippen LogP contribution is -2.45. The number of carbonyl (C=O) groups excluding carboxylic acids is 1. The minimum Gasteiger partial charge on any atom is -0.486 e. The standard InChI is InChI=1S/C23H24ClN3O3S/c1-14(22(28)25-17-3-4-19-20(13-17)30-11-10-29-19)27-8-6-15(7-9-27)23-26-18-12-16(24)2-5-21(18)31-23/h2-5,12-15H,6-11H2,1H3,(H,25,28). The van der Waals surface area contributed by atoms with Crippen LogP contribution in [0.1, 0.15) is 30.7 Å². The molecular weight excluding hydrogens is 434 g/mol. The summed E-state index contributed by atoms with van der Waals surface area (Å²) in [7, 11) is 0. The number of aromatic nitrogens is 1. The normalized spacial score (nSPS) is 18.1. The third-order valence-electron chi connectivity index (χ3n) is 5.98. The number of rotatable bonds is 4. The SMILES string of the molecule is CC(C(=O)Nc1ccc2c(c1)OCCO2)N1CCC(c2nc3cc(Cl)ccc3s2)CC1. The van der Waals surface area contributed by atoms with Crippen LogP contribution in [0.4, 0.5) is 5.69 Å². The molecule has 0 radical (unpaired) electrons. The Bertz CT molecular complexity index is 1110. The summed E-state index contributed by atoms with van der Waals surface area (Å²) in [6, 6.07) is 11.2. The van der Waals surface area contributed by atoms with Crippen LogP contribution in [-0.2, 0) is 4.79 Å². The Morgan fingerprint density at radius 3 is 2.74 bits per heavy atom. The van der Waals surface area contributed by atoms with Crippen molar-refractivity contribution in [2.45, 2.75) is 31.7 Å². The van der Waals surface area contributed by atoms with E-state index in [0.717, 1.165) is 47.9 Å². The van der Waals surface area contributed by atoms with Crippen molar-refractivity contribution in [3.63, 3.8) is 0 Å². The molecule has 2 aliphatic heterocycles. The maximum Gasteiger partial charge on any atom is 0.241 e. The van der Waals surface area contributed by atoms with Gasteiger partial charge in [-0.3, -0.25) is 9.69 Å². The van der Waals surface area contributed by atoms with Crippen LogP contribution in [0.25, 0.3) is 10.2 Å². The van der Waals surface area contributed by atoms with Gasteiger partial charge in [-0.05, 0) is 63.2 Å². The first-order chi connectivity index (χ1) is 15.1. The number of anilines is 1. The van der Waals surface area contributed by atoms with Gasteiger partial charge in [-0.25, -0.2) is 4.98 Å². The second-order valence-electron chi connectivity index (χ2n) is 8.00. The number of amides is 1. The van der Waals surface area contributed by atoms with Crippen molar-refractivity contribution in [2.24, 2.45) is 0 Å². The minimum absolute atomic E-state index is 0.00948. The molecule has 1 unspecified atom stereocenters. The molecule has 3 heterocycles. The van der Waals surface area contributed by atoms with Crippen LogP contribution in [0.5, 0.6) is 11.5 Å². The Morgan fingerprint density at radius 1 is 1.16 bits per heavy atom. The van der Waals surface area contributed by atoms with E-state index < -0.39 is 0 Å². The maximum atomic E-state index is 12.8. The quantitative estimate of drug-likeness (QED) is 0.602. The molecule has 3 aromatic rings. The lowest BCUT2D eigenvalue weighted by atomic mass is 9.96. The van der Waals surface area contributed by atoms with Crippen molar-refractivity contribution in [2.75, 3.05) is 31.6 Å². The third kappa shape index (κ3) is 4.35. The molecule has 0 spiro atoms. The number of carbonyl (C=O) groups is 1. The fourth-order valence-electron chi connectivity index (χ4n) is 4.16. The minimum atomic E-state index is -0.205. The lowest BCUT2D eigenvalue weighted by molar-refractivity contribution is -0.121. The van der Waals surface area contributed by atoms with E-state index in [4.69, 9.17) is 26.1 Å². The van der Waals surface area contributed by atoms with Gasteiger partial charge < -0.3 is 14.8 Å². The van der Waals surface area contributed by atoms with E-state index in [-0.39, 0.29) is 11.9 Å². The Labute approximate surface area is 190 Å². The van der Waals surface area contributed by atoms with E-state index >= 15 is 0 Å². The molecule has 2 aliphatic rings. The summed E-state index contributed by atoms with van der Waals surface area (Å²) >= 11 is 7.85. The molecule has 8 heteroatoms. The van der Waals surface area contributed by atoms with Crippen molar-refractivity contribution < 1.29 is 14.3 Å². The van der Waals surface area contributed by atoms with E-state index in [0.29, 0.717) is 24.9 Å². The predicted octanol–water partition coefficient (Wildman–Crippen LogP) is 4.93. The van der Waals surface area contributed by atoms with Crippen molar-refractivity contribution in [3.8, 4) is 11.5 Å². The first-order valence-corrected chi connectivity index (χ1v) is 11.8. The largest absolute Gasteiger partial charge is 0.486 e. The zero-order valence-corrected chi connectivity index (χ0v) is 18.8. The first-order valence-electron chi connectivity index (χ1n) is 10.6. The van der Waals surface area contributed by atoms with Gasteiger partial charge in [0.25, 0.3) is 0 Å². The number of piperidine rings is 1. The average Bonchev–Trinajstić information content (AvgIpc) is 3.22. The number of nitrogens with one attached hydrogen (secondary N) is 1. The molecule has 1 fully saturated rings. The van der Waals surface area contributed by atoms with Crippen LogP contribution in [0.3, 0.4) is 0 Å². The zero-order valence-electron chi connectivity index (χ0n) is 17.3. The average molecular weight is 458 g/mol. The van der Waals surface area contributed by atoms with Crippen molar-refractivity contribution in [1.82, 2.24) is 9.88 Å². The van der Waals surface area contributed by atoms with Gasteiger partial charge in [0.05, 0.1) is 21.3 Å². The number of halogens is 1. The van der Waals surface area contributed by atoms with E-state index in [1.54, 1.807) is 11.3 Å². The zero-order chi connectivity index (χ0) is 21.4. The highest BCUT2D eigenvalue weighted by Gasteiger charge is 2.29. The Balaban J connectivity index is 1.19. The van der Waals surface area contributed by atoms with Gasteiger partial charge in [0.1, 0.15) is 13.2 Å². The third-order valence-corrected chi connectivity index (χ3v) is 7.42. The van der Waals surface area contributed by atoms with Crippen molar-refractivity contribution in [3.05, 3.63) is 46.4 Å². The summed E-state index contributed by atoms with van der Waals surface area (Å²) in [5.74, 6) is 1.82. The molecule has 0 aliphatic carbocycles. The Hall–Kier alpha value is -2.35. The Kier molecular flexibility index (Phi) is 5.73. The van der Waals surface area contributed by atoms with Crippen LogP contribution in [0.15, 0.2) is 36.4 Å². The lowest BCUT2D eigenvalue weighted by Gasteiger charge is -2.34. The monoisotopic (exact) mass is 457 g/mol. The summed E-state index contributed by atoms with van der Waals surface area (Å²) in [4.78, 5) is 19.9. The molecule has 1 aromatic heterocycles. The van der Waals surface area contributed by atoms with Crippen LogP contribution in [0, 0.1) is 0 Å². The van der Waals surface area contributed by atoms with Crippen molar-refractivity contribution >= 4 is 44.7 Å². The van der Waals surface area contributed by atoms with Gasteiger partial charge in [0.2, 0.25) is 5.91 Å². The van der Waals surface area contributed by atoms with Gasteiger partial charge in [0, 0.05) is 22.7 Å². The summed E-state index contributed by atoms with van der Waals surface area (Å²) in [5.41, 5.74) is 1.70. The Morgan fingerprint density at radius 2 is 1.94 bits per heavy atom. The molecule has 1 saturated heterocycles. The van der Waals surface area contributed by atoms with E-state index in [1.165, 1.54) is 9.71 Å². The van der Waals surface area contributed by atoms with E-state index in [2.05, 4.69) is 10.2 Å². The smallest absolute Gasteiger partial charge is 0.241 e. The molecule has 2 aromatic carbocycles. The molecule has 1 atom stereocenters. The number of ether oxygens (including phenoxy) is 2. The van der Waals surface area contributed by atoms with Crippen LogP contribution in [0.2, 0.25) is 5.02 Å². The van der Waals surface area contributed by atoms with Crippen LogP contribution in [-0.4, -0.2) is 48.1 Å². The van der Waals surface area contributed by atoms with Gasteiger partial charge in [-0.1, -0.05) is 11.6 Å². The summed E-state index contributed by atoms with van der Waals surface area (Å²) in [5, 5.41) is 4.91. The molecule has 0 bridgehead atoms. The number of nitrogens with zero attached hydrogens (tertiary/aromatic N) is 2. The van der Waals surface area contributed by atoms with Gasteiger partial charge in [-0.15, -0.1) is 11.3 Å². The van der Waals surface area contributed by atoms with E-state index in [9.17, 15) is 4.79 Å². The number of hydrogen-bond acceptors (Lipinski definition) is 6. The number of hydrogen-bond donors (Lipinski definition) is 1. The topological polar surface area (TPSA) is 63.7 Å². The summed E-state index contributed by atoms with van der Waals surface area (Å²) in [6.45, 7) is 4.79. The summed E-state index contributed by atoms with van der Waals surface area (Å²) < 4.78 is 12.3. The van der Waals surface area contributed by atoms with Crippen LogP contribution >= 0.6 is 22.9 Å². The molecule has 5 rings (SSSR count). The molecule has 6 nitrogen and oxygen atoms in total. The van der Waals surface area contributed by atoms with Crippen LogP contribution < -0.4 is 14.8 Å². The summed E-state index contributed by atoms with van der Waals surface area (Å²) in [6.07, 6.45) is 1.99. The molecule has 1 N–H and O–H groups in total. The number of fused-ring (bicyclic) bond motifs is 2. The van der Waals surface area contributed by atoms with Gasteiger partial charge in [0.15, 0.2) is 11.5 Å². The second kappa shape index (κ2) is 8.65. The maximum absolute atomic E-state index is 12.8. The first kappa shape index (κ1) is 20.5. The highest BCUT2D eigenvalue weighted by Crippen LogP contribution is 2.35. The number of benzene rings is 2. The number of likely N-dealkylation sites (tertiary alicyclic amines) is 1. The number of thiazole rings is 1.